The maximum absolute atomic E-state index is 11.4. The molecule has 1 amide bonds. The van der Waals surface area contributed by atoms with Gasteiger partial charge in [-0.15, -0.1) is 0 Å². The molecule has 0 aromatic heterocycles. The molecule has 0 heterocycles. The summed E-state index contributed by atoms with van der Waals surface area (Å²) in [6.45, 7) is 0.284. The summed E-state index contributed by atoms with van der Waals surface area (Å²) in [6.07, 6.45) is 0. The van der Waals surface area contributed by atoms with Crippen molar-refractivity contribution in [2.24, 2.45) is 0 Å². The Balaban J connectivity index is 2.74. The maximum Gasteiger partial charge on any atom is 0.396 e. The van der Waals surface area contributed by atoms with Gasteiger partial charge in [-0.2, -0.15) is 0 Å². The molecule has 17 heavy (non-hydrogen) atoms. The quantitative estimate of drug-likeness (QED) is 0.617. The first kappa shape index (κ1) is 13.2. The Morgan fingerprint density at radius 2 is 1.88 bits per heavy atom. The van der Waals surface area contributed by atoms with Crippen LogP contribution in [-0.2, 0) is 19.1 Å². The number of rotatable bonds is 4. The summed E-state index contributed by atoms with van der Waals surface area (Å²) < 4.78 is 9.34. The van der Waals surface area contributed by atoms with Crippen molar-refractivity contribution in [3.8, 4) is 0 Å². The zero-order valence-electron chi connectivity index (χ0n) is 9.80. The van der Waals surface area contributed by atoms with Crippen molar-refractivity contribution in [1.29, 1.82) is 0 Å². The molecule has 0 aliphatic carbocycles. The molecule has 0 saturated carbocycles. The molecule has 1 aromatic rings. The van der Waals surface area contributed by atoms with E-state index in [0.29, 0.717) is 0 Å². The molecule has 5 nitrogen and oxygen atoms in total. The van der Waals surface area contributed by atoms with Crippen LogP contribution in [0, 0.1) is 0 Å². The van der Waals surface area contributed by atoms with E-state index in [9.17, 15) is 9.59 Å². The fraction of sp³-hybridized carbons (Fsp3) is 0.333. The summed E-state index contributed by atoms with van der Waals surface area (Å²) in [5, 5.41) is 2.55. The molecule has 0 bridgehead atoms. The van der Waals surface area contributed by atoms with Gasteiger partial charge in [-0.1, -0.05) is 30.3 Å². The minimum atomic E-state index is -0.915. The predicted octanol–water partition coefficient (Wildman–Crippen LogP) is 0.663. The Hall–Kier alpha value is -1.88. The van der Waals surface area contributed by atoms with Crippen LogP contribution in [-0.4, -0.2) is 32.7 Å². The van der Waals surface area contributed by atoms with E-state index >= 15 is 0 Å². The molecule has 0 saturated heterocycles. The van der Waals surface area contributed by atoms with E-state index in [0.717, 1.165) is 12.7 Å². The van der Waals surface area contributed by atoms with E-state index in [2.05, 4.69) is 10.1 Å². The fourth-order valence-electron chi connectivity index (χ4n) is 1.38. The molecule has 92 valence electrons. The fourth-order valence-corrected chi connectivity index (χ4v) is 1.38. The Morgan fingerprint density at radius 3 is 2.41 bits per heavy atom. The van der Waals surface area contributed by atoms with E-state index in [1.807, 2.05) is 30.3 Å². The molecule has 1 atom stereocenters. The third-order valence-corrected chi connectivity index (χ3v) is 2.21. The Bertz CT molecular complexity index is 377. The number of carbonyl (C=O) groups excluding carboxylic acids is 2. The number of carbonyl (C=O) groups is 2. The second kappa shape index (κ2) is 6.65. The van der Waals surface area contributed by atoms with E-state index in [-0.39, 0.29) is 12.6 Å². The molecule has 1 unspecified atom stereocenters. The minimum Gasteiger partial charge on any atom is -0.462 e. The molecule has 0 fully saturated rings. The molecule has 1 rings (SSSR count). The lowest BCUT2D eigenvalue weighted by molar-refractivity contribution is -0.153. The van der Waals surface area contributed by atoms with Crippen LogP contribution in [0.4, 0.5) is 0 Å². The van der Waals surface area contributed by atoms with Gasteiger partial charge in [0, 0.05) is 7.11 Å². The van der Waals surface area contributed by atoms with Gasteiger partial charge in [-0.25, -0.2) is 4.79 Å². The third-order valence-electron chi connectivity index (χ3n) is 2.21. The van der Waals surface area contributed by atoms with Crippen LogP contribution in [0.15, 0.2) is 30.3 Å². The molecule has 0 radical (unpaired) electrons. The number of nitrogens with one attached hydrogen (secondary N) is 1. The van der Waals surface area contributed by atoms with E-state index in [1.165, 1.54) is 7.11 Å². The lowest BCUT2D eigenvalue weighted by Gasteiger charge is -2.17. The largest absolute Gasteiger partial charge is 0.462 e. The smallest absolute Gasteiger partial charge is 0.396 e. The zero-order chi connectivity index (χ0) is 12.7. The lowest BCUT2D eigenvalue weighted by Crippen LogP contribution is -2.36. The minimum absolute atomic E-state index is 0.284. The third kappa shape index (κ3) is 3.88. The maximum atomic E-state index is 11.4. The highest BCUT2D eigenvalue weighted by Gasteiger charge is 2.19. The van der Waals surface area contributed by atoms with Gasteiger partial charge in [0.15, 0.2) is 0 Å². The first-order valence-corrected chi connectivity index (χ1v) is 5.11. The zero-order valence-corrected chi connectivity index (χ0v) is 9.80. The number of methoxy groups -OCH3 is 2. The van der Waals surface area contributed by atoms with Crippen LogP contribution in [0.2, 0.25) is 0 Å². The van der Waals surface area contributed by atoms with Crippen molar-refractivity contribution in [2.45, 2.75) is 6.04 Å². The highest BCUT2D eigenvalue weighted by atomic mass is 16.5. The standard InChI is InChI=1S/C12H15NO4/c1-16-8-10(9-6-4-3-5-7-9)13-11(14)12(15)17-2/h3-7,10H,8H2,1-2H3,(H,13,14). The Kier molecular flexibility index (Phi) is 5.16. The average molecular weight is 237 g/mol. The van der Waals surface area contributed by atoms with Crippen molar-refractivity contribution in [2.75, 3.05) is 20.8 Å². The number of ether oxygens (including phenoxy) is 2. The highest BCUT2D eigenvalue weighted by Crippen LogP contribution is 2.12. The van der Waals surface area contributed by atoms with Crippen molar-refractivity contribution in [3.05, 3.63) is 35.9 Å². The first-order valence-electron chi connectivity index (χ1n) is 5.11. The summed E-state index contributed by atoms with van der Waals surface area (Å²) >= 11 is 0. The van der Waals surface area contributed by atoms with Crippen molar-refractivity contribution in [1.82, 2.24) is 5.32 Å². The number of hydrogen-bond donors (Lipinski definition) is 1. The van der Waals surface area contributed by atoms with Gasteiger partial charge in [0.05, 0.1) is 19.8 Å². The van der Waals surface area contributed by atoms with E-state index in [4.69, 9.17) is 4.74 Å². The second-order valence-electron chi connectivity index (χ2n) is 3.38. The van der Waals surface area contributed by atoms with Crippen LogP contribution in [0.5, 0.6) is 0 Å². The molecular weight excluding hydrogens is 222 g/mol. The van der Waals surface area contributed by atoms with Gasteiger partial charge in [0.25, 0.3) is 0 Å². The van der Waals surface area contributed by atoms with Gasteiger partial charge in [-0.3, -0.25) is 4.79 Å². The van der Waals surface area contributed by atoms with Crippen LogP contribution in [0.25, 0.3) is 0 Å². The SMILES string of the molecule is COCC(NC(=O)C(=O)OC)c1ccccc1. The molecule has 1 aromatic carbocycles. The average Bonchev–Trinajstić information content (AvgIpc) is 2.38. The van der Waals surface area contributed by atoms with Crippen LogP contribution in [0.1, 0.15) is 11.6 Å². The van der Waals surface area contributed by atoms with E-state index < -0.39 is 11.9 Å². The van der Waals surface area contributed by atoms with Gasteiger partial charge >= 0.3 is 11.9 Å². The molecule has 0 spiro atoms. The number of hydrogen-bond acceptors (Lipinski definition) is 4. The summed E-state index contributed by atoms with van der Waals surface area (Å²) in [6, 6.07) is 8.90. The highest BCUT2D eigenvalue weighted by molar-refractivity contribution is 6.32. The normalized spacial score (nSPS) is 11.6. The number of amides is 1. The monoisotopic (exact) mass is 237 g/mol. The molecule has 5 heteroatoms. The van der Waals surface area contributed by atoms with Crippen LogP contribution >= 0.6 is 0 Å². The van der Waals surface area contributed by atoms with E-state index in [1.54, 1.807) is 0 Å². The molecular formula is C12H15NO4. The summed E-state index contributed by atoms with van der Waals surface area (Å²) in [4.78, 5) is 22.4. The summed E-state index contributed by atoms with van der Waals surface area (Å²) in [7, 11) is 2.69. The summed E-state index contributed by atoms with van der Waals surface area (Å²) in [5.74, 6) is -1.69. The Labute approximate surface area is 99.7 Å². The van der Waals surface area contributed by atoms with Crippen molar-refractivity contribution < 1.29 is 19.1 Å². The number of esters is 1. The van der Waals surface area contributed by atoms with Gasteiger partial charge in [0.1, 0.15) is 0 Å². The van der Waals surface area contributed by atoms with Crippen LogP contribution < -0.4 is 5.32 Å². The summed E-state index contributed by atoms with van der Waals surface area (Å²) in [5.41, 5.74) is 0.867. The topological polar surface area (TPSA) is 64.6 Å². The molecule has 0 aliphatic rings. The molecule has 0 aliphatic heterocycles. The van der Waals surface area contributed by atoms with Gasteiger partial charge in [0.2, 0.25) is 0 Å². The molecule has 1 N–H and O–H groups in total. The van der Waals surface area contributed by atoms with Gasteiger partial charge < -0.3 is 14.8 Å². The lowest BCUT2D eigenvalue weighted by atomic mass is 10.1. The van der Waals surface area contributed by atoms with Crippen molar-refractivity contribution in [3.63, 3.8) is 0 Å². The van der Waals surface area contributed by atoms with Gasteiger partial charge in [-0.05, 0) is 5.56 Å². The first-order chi connectivity index (χ1) is 8.19. The number of benzene rings is 1. The Morgan fingerprint density at radius 1 is 1.24 bits per heavy atom. The van der Waals surface area contributed by atoms with Crippen molar-refractivity contribution >= 4 is 11.9 Å². The van der Waals surface area contributed by atoms with Crippen LogP contribution in [0.3, 0.4) is 0 Å². The predicted molar refractivity (Wildman–Crippen MR) is 61.2 cm³/mol. The second-order valence-corrected chi connectivity index (χ2v) is 3.38.